The fourth-order valence-electron chi connectivity index (χ4n) is 3.00. The van der Waals surface area contributed by atoms with Crippen molar-refractivity contribution in [2.75, 3.05) is 11.1 Å². The maximum Gasteiger partial charge on any atom is 0.148 e. The second-order valence-electron chi connectivity index (χ2n) is 5.89. The van der Waals surface area contributed by atoms with E-state index < -0.39 is 0 Å². The van der Waals surface area contributed by atoms with Gasteiger partial charge in [0.25, 0.3) is 0 Å². The summed E-state index contributed by atoms with van der Waals surface area (Å²) >= 11 is 3.11. The Morgan fingerprint density at radius 1 is 1.29 bits per heavy atom. The Kier molecular flexibility index (Phi) is 4.45. The predicted octanol–water partition coefficient (Wildman–Crippen LogP) is 4.54. The summed E-state index contributed by atoms with van der Waals surface area (Å²) in [6.45, 7) is 4.37. The summed E-state index contributed by atoms with van der Waals surface area (Å²) in [5, 5.41) is 7.91. The van der Waals surface area contributed by atoms with Crippen LogP contribution in [0.5, 0.6) is 0 Å². The Morgan fingerprint density at radius 2 is 2.10 bits per heavy atom. The van der Waals surface area contributed by atoms with Crippen molar-refractivity contribution in [3.05, 3.63) is 10.4 Å². The summed E-state index contributed by atoms with van der Waals surface area (Å²) in [7, 11) is 0. The molecule has 21 heavy (non-hydrogen) atoms. The van der Waals surface area contributed by atoms with Gasteiger partial charge in [0.1, 0.15) is 10.8 Å². The highest BCUT2D eigenvalue weighted by Crippen LogP contribution is 2.39. The molecule has 0 saturated heterocycles. The van der Waals surface area contributed by atoms with Crippen LogP contribution in [0.1, 0.15) is 44.0 Å². The molecule has 2 aromatic rings. The molecule has 2 atom stereocenters. The lowest BCUT2D eigenvalue weighted by atomic mass is 9.97. The Morgan fingerprint density at radius 3 is 2.86 bits per heavy atom. The highest BCUT2D eigenvalue weighted by molar-refractivity contribution is 7.11. The topological polar surface area (TPSA) is 63.8 Å². The summed E-state index contributed by atoms with van der Waals surface area (Å²) in [5.74, 6) is 1.29. The van der Waals surface area contributed by atoms with Crippen molar-refractivity contribution >= 4 is 33.7 Å². The lowest BCUT2D eigenvalue weighted by Gasteiger charge is -2.23. The first kappa shape index (κ1) is 14.8. The number of nitrogens with two attached hydrogens (primary N) is 1. The molecule has 0 aromatic carbocycles. The summed E-state index contributed by atoms with van der Waals surface area (Å²) in [4.78, 5) is 4.57. The Labute approximate surface area is 134 Å². The molecule has 0 radical (unpaired) electrons. The maximum absolute atomic E-state index is 6.08. The number of rotatable bonds is 3. The molecule has 2 aromatic heterocycles. The van der Waals surface area contributed by atoms with Gasteiger partial charge in [-0.15, -0.1) is 11.3 Å². The van der Waals surface area contributed by atoms with Crippen LogP contribution in [0.4, 0.5) is 10.8 Å². The summed E-state index contributed by atoms with van der Waals surface area (Å²) < 4.78 is 4.34. The molecule has 0 amide bonds. The van der Waals surface area contributed by atoms with E-state index in [1.54, 1.807) is 11.3 Å². The quantitative estimate of drug-likeness (QED) is 0.814. The SMILES string of the molecule is Cc1nc(-c2c(N)nsc2NC2CCCCCC2C)cs1. The van der Waals surface area contributed by atoms with Crippen LogP contribution in [-0.4, -0.2) is 15.4 Å². The molecule has 0 bridgehead atoms. The molecule has 1 aliphatic rings. The highest BCUT2D eigenvalue weighted by atomic mass is 32.1. The molecule has 6 heteroatoms. The Hall–Kier alpha value is -1.14. The van der Waals surface area contributed by atoms with Crippen LogP contribution in [0.15, 0.2) is 5.38 Å². The van der Waals surface area contributed by atoms with Gasteiger partial charge in [-0.25, -0.2) is 4.98 Å². The second kappa shape index (κ2) is 6.32. The van der Waals surface area contributed by atoms with Gasteiger partial charge in [0.05, 0.1) is 16.3 Å². The number of aryl methyl sites for hydroxylation is 1. The fourth-order valence-corrected chi connectivity index (χ4v) is 4.39. The third kappa shape index (κ3) is 3.21. The zero-order valence-corrected chi connectivity index (χ0v) is 14.2. The van der Waals surface area contributed by atoms with E-state index in [2.05, 4.69) is 27.0 Å². The van der Waals surface area contributed by atoms with Crippen molar-refractivity contribution in [2.45, 2.75) is 52.0 Å². The molecule has 3 rings (SSSR count). The minimum atomic E-state index is 0.519. The van der Waals surface area contributed by atoms with Gasteiger partial charge in [-0.2, -0.15) is 4.37 Å². The molecule has 2 heterocycles. The van der Waals surface area contributed by atoms with Crippen molar-refractivity contribution in [3.8, 4) is 11.3 Å². The predicted molar refractivity (Wildman–Crippen MR) is 92.0 cm³/mol. The third-order valence-corrected chi connectivity index (χ3v) is 5.84. The molecule has 2 unspecified atom stereocenters. The van der Waals surface area contributed by atoms with Gasteiger partial charge >= 0.3 is 0 Å². The zero-order valence-electron chi connectivity index (χ0n) is 12.6. The molecule has 1 saturated carbocycles. The first-order valence-corrected chi connectivity index (χ1v) is 9.24. The van der Waals surface area contributed by atoms with E-state index in [9.17, 15) is 0 Å². The van der Waals surface area contributed by atoms with E-state index in [-0.39, 0.29) is 0 Å². The van der Waals surface area contributed by atoms with Crippen LogP contribution < -0.4 is 11.1 Å². The Bertz CT molecular complexity index is 605. The van der Waals surface area contributed by atoms with Gasteiger partial charge in [-0.3, -0.25) is 0 Å². The number of hydrogen-bond donors (Lipinski definition) is 2. The number of anilines is 2. The number of nitrogens with one attached hydrogen (secondary N) is 1. The van der Waals surface area contributed by atoms with Crippen molar-refractivity contribution in [1.29, 1.82) is 0 Å². The standard InChI is InChI=1S/C15H22N4S2/c1-9-6-4-3-5-7-11(9)18-15-13(14(16)19-21-15)12-8-20-10(2)17-12/h8-9,11,18H,3-7H2,1-2H3,(H2,16,19). The van der Waals surface area contributed by atoms with E-state index in [1.807, 2.05) is 6.92 Å². The van der Waals surface area contributed by atoms with Crippen molar-refractivity contribution < 1.29 is 0 Å². The van der Waals surface area contributed by atoms with Gasteiger partial charge in [0.2, 0.25) is 0 Å². The van der Waals surface area contributed by atoms with E-state index >= 15 is 0 Å². The van der Waals surface area contributed by atoms with Gasteiger partial charge in [-0.1, -0.05) is 26.2 Å². The summed E-state index contributed by atoms with van der Waals surface area (Å²) in [5.41, 5.74) is 8.02. The molecule has 114 valence electrons. The van der Waals surface area contributed by atoms with Gasteiger partial charge in [-0.05, 0) is 37.2 Å². The number of aromatic nitrogens is 2. The van der Waals surface area contributed by atoms with Crippen LogP contribution in [0.2, 0.25) is 0 Å². The minimum absolute atomic E-state index is 0.519. The average molecular weight is 323 g/mol. The van der Waals surface area contributed by atoms with Crippen LogP contribution >= 0.6 is 22.9 Å². The monoisotopic (exact) mass is 322 g/mol. The molecular formula is C15H22N4S2. The number of nitrogens with zero attached hydrogens (tertiary/aromatic N) is 2. The van der Waals surface area contributed by atoms with Gasteiger partial charge < -0.3 is 11.1 Å². The van der Waals surface area contributed by atoms with Crippen molar-refractivity contribution in [3.63, 3.8) is 0 Å². The van der Waals surface area contributed by atoms with Crippen LogP contribution in [0, 0.1) is 12.8 Å². The molecule has 4 nitrogen and oxygen atoms in total. The lowest BCUT2D eigenvalue weighted by molar-refractivity contribution is 0.457. The fraction of sp³-hybridized carbons (Fsp3) is 0.600. The van der Waals surface area contributed by atoms with Crippen LogP contribution in [0.25, 0.3) is 11.3 Å². The number of thiazole rings is 1. The van der Waals surface area contributed by atoms with E-state index in [0.29, 0.717) is 17.8 Å². The molecular weight excluding hydrogens is 300 g/mol. The maximum atomic E-state index is 6.08. The third-order valence-electron chi connectivity index (χ3n) is 4.27. The Balaban J connectivity index is 1.86. The van der Waals surface area contributed by atoms with E-state index in [1.165, 1.54) is 43.6 Å². The first-order chi connectivity index (χ1) is 10.1. The largest absolute Gasteiger partial charge is 0.382 e. The summed E-state index contributed by atoms with van der Waals surface area (Å²) in [6.07, 6.45) is 6.54. The van der Waals surface area contributed by atoms with Crippen LogP contribution in [0.3, 0.4) is 0 Å². The zero-order chi connectivity index (χ0) is 14.8. The van der Waals surface area contributed by atoms with Gasteiger partial charge in [0, 0.05) is 11.4 Å². The van der Waals surface area contributed by atoms with Crippen molar-refractivity contribution in [2.24, 2.45) is 5.92 Å². The normalized spacial score (nSPS) is 23.0. The van der Waals surface area contributed by atoms with E-state index in [4.69, 9.17) is 5.73 Å². The second-order valence-corrected chi connectivity index (χ2v) is 7.73. The summed E-state index contributed by atoms with van der Waals surface area (Å²) in [6, 6.07) is 0.519. The number of nitrogen functional groups attached to an aromatic ring is 1. The molecule has 1 aliphatic carbocycles. The molecule has 0 spiro atoms. The van der Waals surface area contributed by atoms with Gasteiger partial charge in [0.15, 0.2) is 0 Å². The number of hydrogen-bond acceptors (Lipinski definition) is 6. The smallest absolute Gasteiger partial charge is 0.148 e. The van der Waals surface area contributed by atoms with Crippen molar-refractivity contribution in [1.82, 2.24) is 9.36 Å². The molecule has 1 fully saturated rings. The first-order valence-electron chi connectivity index (χ1n) is 7.59. The van der Waals surface area contributed by atoms with E-state index in [0.717, 1.165) is 21.3 Å². The average Bonchev–Trinajstić information content (AvgIpc) is 2.96. The highest BCUT2D eigenvalue weighted by Gasteiger charge is 2.23. The lowest BCUT2D eigenvalue weighted by Crippen LogP contribution is -2.26. The molecule has 3 N–H and O–H groups in total. The minimum Gasteiger partial charge on any atom is -0.382 e. The molecule has 0 aliphatic heterocycles. The van der Waals surface area contributed by atoms with Crippen LogP contribution in [-0.2, 0) is 0 Å².